The Morgan fingerprint density at radius 3 is 2.46 bits per heavy atom. The number of para-hydroxylation sites is 1. The van der Waals surface area contributed by atoms with Crippen molar-refractivity contribution in [2.45, 2.75) is 19.6 Å². The van der Waals surface area contributed by atoms with Gasteiger partial charge in [0, 0.05) is 27.1 Å². The number of nitrogens with zero attached hydrogens (tertiary/aromatic N) is 2. The molecule has 1 N–H and O–H groups in total. The molecule has 124 valence electrons. The minimum Gasteiger partial charge on any atom is -0.508 e. The van der Waals surface area contributed by atoms with Gasteiger partial charge in [0.05, 0.1) is 12.1 Å². The third kappa shape index (κ3) is 3.13. The third-order valence-corrected chi connectivity index (χ3v) is 3.65. The van der Waals surface area contributed by atoms with E-state index in [0.717, 1.165) is 12.1 Å². The molecule has 1 aromatic heterocycles. The molecule has 0 fully saturated rings. The zero-order chi connectivity index (χ0) is 19.8. The molecule has 24 heavy (non-hydrogen) atoms. The fourth-order valence-electron chi connectivity index (χ4n) is 2.39. The summed E-state index contributed by atoms with van der Waals surface area (Å²) in [6, 6.07) is 10.8. The van der Waals surface area contributed by atoms with Crippen molar-refractivity contribution in [1.82, 2.24) is 9.55 Å². The van der Waals surface area contributed by atoms with E-state index in [2.05, 4.69) is 4.98 Å². The van der Waals surface area contributed by atoms with Gasteiger partial charge < -0.3 is 9.67 Å². The summed E-state index contributed by atoms with van der Waals surface area (Å²) in [5.74, 6) is 0.194. The minimum atomic E-state index is -4.46. The minimum absolute atomic E-state index is 0.0107. The molecule has 6 heteroatoms. The number of alkyl halides is 3. The molecule has 3 rings (SSSR count). The molecule has 0 aliphatic heterocycles. The molecule has 0 amide bonds. The summed E-state index contributed by atoms with van der Waals surface area (Å²) in [5, 5.41) is 9.99. The molecule has 0 saturated carbocycles. The molecule has 3 aromatic rings. The van der Waals surface area contributed by atoms with Crippen LogP contribution in [0.15, 0.2) is 54.7 Å². The molecule has 1 heterocycles. The van der Waals surface area contributed by atoms with Crippen LogP contribution in [0.5, 0.6) is 5.75 Å². The predicted molar refractivity (Wildman–Crippen MR) is 84.6 cm³/mol. The van der Waals surface area contributed by atoms with Crippen molar-refractivity contribution in [1.29, 1.82) is 0 Å². The van der Waals surface area contributed by atoms with Crippen LogP contribution in [0.4, 0.5) is 13.2 Å². The molecule has 2 aromatic carbocycles. The van der Waals surface area contributed by atoms with Gasteiger partial charge in [-0.15, -0.1) is 0 Å². The smallest absolute Gasteiger partial charge is 0.416 e. The summed E-state index contributed by atoms with van der Waals surface area (Å²) >= 11 is 0. The number of halogens is 3. The fourth-order valence-corrected chi connectivity index (χ4v) is 2.39. The number of benzene rings is 2. The second-order valence-electron chi connectivity index (χ2n) is 5.26. The Morgan fingerprint density at radius 2 is 1.83 bits per heavy atom. The van der Waals surface area contributed by atoms with Gasteiger partial charge in [0.15, 0.2) is 0 Å². The predicted octanol–water partition coefficient (Wildman–Crippen LogP) is 4.63. The van der Waals surface area contributed by atoms with Crippen molar-refractivity contribution in [3.8, 4) is 17.1 Å². The van der Waals surface area contributed by atoms with E-state index in [1.165, 1.54) is 29.0 Å². The Kier molecular flexibility index (Phi) is 3.18. The van der Waals surface area contributed by atoms with Gasteiger partial charge >= 0.3 is 6.18 Å². The van der Waals surface area contributed by atoms with Crippen molar-refractivity contribution >= 4 is 0 Å². The number of aromatic nitrogens is 2. The highest BCUT2D eigenvalue weighted by Crippen LogP contribution is 2.31. The standard InChI is InChI=1S/C18H15F3N2O/c1-12-10-22-17(13-6-8-15(9-7-13)18(19,20)21)23(12)11-14-4-2-3-5-16(14)24/h2-10,24H,11H2,1H3/i1D3. The van der Waals surface area contributed by atoms with Gasteiger partial charge in [-0.05, 0) is 25.1 Å². The summed E-state index contributed by atoms with van der Waals surface area (Å²) < 4.78 is 62.8. The van der Waals surface area contributed by atoms with E-state index in [1.807, 2.05) is 0 Å². The normalized spacial score (nSPS) is 14.0. The van der Waals surface area contributed by atoms with Crippen molar-refractivity contribution < 1.29 is 22.4 Å². The molecule has 0 spiro atoms. The lowest BCUT2D eigenvalue weighted by atomic mass is 10.1. The average Bonchev–Trinajstić information content (AvgIpc) is 3.00. The number of hydrogen-bond acceptors (Lipinski definition) is 2. The van der Waals surface area contributed by atoms with E-state index in [4.69, 9.17) is 4.11 Å². The molecule has 0 aliphatic carbocycles. The quantitative estimate of drug-likeness (QED) is 0.758. The Bertz CT molecular complexity index is 948. The summed E-state index contributed by atoms with van der Waals surface area (Å²) in [6.45, 7) is -2.46. The average molecular weight is 335 g/mol. The lowest BCUT2D eigenvalue weighted by Crippen LogP contribution is -2.06. The van der Waals surface area contributed by atoms with Gasteiger partial charge in [0.25, 0.3) is 0 Å². The first kappa shape index (κ1) is 12.6. The summed E-state index contributed by atoms with van der Waals surface area (Å²) in [5.41, 5.74) is -0.0650. The molecule has 0 bridgehead atoms. The Hall–Kier alpha value is -2.76. The van der Waals surface area contributed by atoms with Gasteiger partial charge in [0.2, 0.25) is 0 Å². The van der Waals surface area contributed by atoms with E-state index >= 15 is 0 Å². The van der Waals surface area contributed by atoms with E-state index in [1.54, 1.807) is 18.2 Å². The van der Waals surface area contributed by atoms with Gasteiger partial charge in [-0.2, -0.15) is 13.2 Å². The van der Waals surface area contributed by atoms with Crippen LogP contribution in [-0.4, -0.2) is 14.7 Å². The highest BCUT2D eigenvalue weighted by atomic mass is 19.4. The van der Waals surface area contributed by atoms with E-state index in [-0.39, 0.29) is 23.8 Å². The topological polar surface area (TPSA) is 38.0 Å². The number of aryl methyl sites for hydroxylation is 1. The van der Waals surface area contributed by atoms with E-state index < -0.39 is 18.6 Å². The second-order valence-corrected chi connectivity index (χ2v) is 5.26. The maximum absolute atomic E-state index is 12.8. The van der Waals surface area contributed by atoms with Crippen LogP contribution >= 0.6 is 0 Å². The van der Waals surface area contributed by atoms with E-state index in [9.17, 15) is 18.3 Å². The van der Waals surface area contributed by atoms with Crippen LogP contribution in [0.3, 0.4) is 0 Å². The maximum Gasteiger partial charge on any atom is 0.416 e. The zero-order valence-electron chi connectivity index (χ0n) is 15.4. The highest BCUT2D eigenvalue weighted by molar-refractivity contribution is 5.57. The molecule has 0 unspecified atom stereocenters. The third-order valence-electron chi connectivity index (χ3n) is 3.65. The summed E-state index contributed by atoms with van der Waals surface area (Å²) in [4.78, 5) is 4.11. The van der Waals surface area contributed by atoms with Crippen molar-refractivity contribution in [3.05, 3.63) is 71.5 Å². The van der Waals surface area contributed by atoms with Gasteiger partial charge in [-0.1, -0.05) is 30.3 Å². The Labute approximate surface area is 141 Å². The molecule has 0 radical (unpaired) electrons. The van der Waals surface area contributed by atoms with E-state index in [0.29, 0.717) is 11.1 Å². The van der Waals surface area contributed by atoms with Crippen molar-refractivity contribution in [2.75, 3.05) is 0 Å². The number of rotatable bonds is 3. The van der Waals surface area contributed by atoms with Crippen LogP contribution in [0, 0.1) is 6.85 Å². The van der Waals surface area contributed by atoms with Gasteiger partial charge in [0.1, 0.15) is 11.6 Å². The first-order chi connectivity index (χ1) is 12.6. The number of aromatic hydroxyl groups is 1. The molecule has 0 atom stereocenters. The van der Waals surface area contributed by atoms with Crippen LogP contribution in [0.25, 0.3) is 11.4 Å². The Morgan fingerprint density at radius 1 is 1.12 bits per heavy atom. The van der Waals surface area contributed by atoms with Crippen LogP contribution in [0.1, 0.15) is 20.9 Å². The number of phenols is 1. The maximum atomic E-state index is 12.8. The molecule has 0 aliphatic rings. The van der Waals surface area contributed by atoms with Crippen LogP contribution < -0.4 is 0 Å². The largest absolute Gasteiger partial charge is 0.508 e. The van der Waals surface area contributed by atoms with Gasteiger partial charge in [-0.3, -0.25) is 0 Å². The second kappa shape index (κ2) is 6.03. The first-order valence-corrected chi connectivity index (χ1v) is 7.08. The number of phenolic OH excluding ortho intramolecular Hbond substituents is 1. The van der Waals surface area contributed by atoms with Crippen LogP contribution in [-0.2, 0) is 12.7 Å². The molecule has 0 saturated heterocycles. The van der Waals surface area contributed by atoms with Gasteiger partial charge in [-0.25, -0.2) is 4.98 Å². The summed E-state index contributed by atoms with van der Waals surface area (Å²) in [7, 11) is 0. The van der Waals surface area contributed by atoms with Crippen molar-refractivity contribution in [3.63, 3.8) is 0 Å². The number of imidazole rings is 1. The molecular weight excluding hydrogens is 317 g/mol. The summed E-state index contributed by atoms with van der Waals surface area (Å²) in [6.07, 6.45) is -3.28. The lowest BCUT2D eigenvalue weighted by Gasteiger charge is -2.12. The molecular formula is C18H15F3N2O. The van der Waals surface area contributed by atoms with Crippen molar-refractivity contribution in [2.24, 2.45) is 0 Å². The lowest BCUT2D eigenvalue weighted by molar-refractivity contribution is -0.137. The zero-order valence-corrected chi connectivity index (χ0v) is 12.4. The molecule has 3 nitrogen and oxygen atoms in total. The first-order valence-electron chi connectivity index (χ1n) is 8.58. The van der Waals surface area contributed by atoms with Crippen LogP contribution in [0.2, 0.25) is 0 Å². The fraction of sp³-hybridized carbons (Fsp3) is 0.167. The number of hydrogen-bond donors (Lipinski definition) is 1. The monoisotopic (exact) mass is 335 g/mol. The highest BCUT2D eigenvalue weighted by Gasteiger charge is 2.30. The Balaban J connectivity index is 2.08. The SMILES string of the molecule is [2H]C([2H])([2H])c1cnc(-c2ccc(C(F)(F)F)cc2)n1Cc1ccccc1O.